The molecule has 2 N–H and O–H groups in total. The minimum Gasteiger partial charge on any atom is -0.316 e. The summed E-state index contributed by atoms with van der Waals surface area (Å²) in [5.41, 5.74) is 4.43. The molecule has 1 aromatic rings. The number of benzene rings is 1. The van der Waals surface area contributed by atoms with Crippen molar-refractivity contribution in [3.05, 3.63) is 34.9 Å². The number of alkyl halides is 2. The van der Waals surface area contributed by atoms with E-state index in [0.717, 1.165) is 0 Å². The maximum Gasteiger partial charge on any atom is 0.272 e. The number of rotatable bonds is 1. The Morgan fingerprint density at radius 1 is 1.38 bits per heavy atom. The molecule has 1 saturated carbocycles. The van der Waals surface area contributed by atoms with Crippen molar-refractivity contribution < 1.29 is 8.78 Å². The van der Waals surface area contributed by atoms with Gasteiger partial charge in [-0.1, -0.05) is 23.7 Å². The second-order valence-electron chi connectivity index (χ2n) is 3.36. The summed E-state index contributed by atoms with van der Waals surface area (Å²) in [6.07, 6.45) is -0.291. The first-order valence-corrected chi connectivity index (χ1v) is 4.26. The Morgan fingerprint density at radius 2 is 2.00 bits per heavy atom. The van der Waals surface area contributed by atoms with Gasteiger partial charge in [0.25, 0.3) is 5.92 Å². The summed E-state index contributed by atoms with van der Waals surface area (Å²) in [6.45, 7) is 0. The number of nitrogens with two attached hydrogens (primary N) is 1. The number of halogens is 3. The third kappa shape index (κ3) is 1.23. The van der Waals surface area contributed by atoms with Gasteiger partial charge in [0, 0.05) is 11.4 Å². The van der Waals surface area contributed by atoms with Crippen LogP contribution in [0, 0.1) is 0 Å². The summed E-state index contributed by atoms with van der Waals surface area (Å²) in [5.74, 6) is -2.78. The Kier molecular flexibility index (Phi) is 1.66. The topological polar surface area (TPSA) is 26.0 Å². The van der Waals surface area contributed by atoms with Crippen molar-refractivity contribution in [2.24, 2.45) is 5.73 Å². The smallest absolute Gasteiger partial charge is 0.272 e. The molecule has 1 atom stereocenters. The van der Waals surface area contributed by atoms with E-state index < -0.39 is 11.5 Å². The predicted molar refractivity (Wildman–Crippen MR) is 46.9 cm³/mol. The number of hydrogen-bond donors (Lipinski definition) is 1. The first-order valence-electron chi connectivity index (χ1n) is 3.88. The van der Waals surface area contributed by atoms with Crippen LogP contribution in [0.2, 0.25) is 5.02 Å². The second-order valence-corrected chi connectivity index (χ2v) is 3.80. The molecule has 1 aliphatic rings. The zero-order valence-electron chi connectivity index (χ0n) is 6.73. The molecule has 1 nitrogen and oxygen atoms in total. The molecule has 0 heterocycles. The van der Waals surface area contributed by atoms with Crippen molar-refractivity contribution >= 4 is 11.6 Å². The molecule has 0 bridgehead atoms. The van der Waals surface area contributed by atoms with Gasteiger partial charge in [-0.2, -0.15) is 0 Å². The van der Waals surface area contributed by atoms with Crippen LogP contribution in [0.5, 0.6) is 0 Å². The lowest BCUT2D eigenvalue weighted by Gasteiger charge is -2.10. The van der Waals surface area contributed by atoms with E-state index in [1.807, 2.05) is 0 Å². The molecule has 1 aliphatic carbocycles. The Balaban J connectivity index is 2.38. The first kappa shape index (κ1) is 8.91. The van der Waals surface area contributed by atoms with Crippen LogP contribution in [-0.4, -0.2) is 5.92 Å². The van der Waals surface area contributed by atoms with E-state index in [4.69, 9.17) is 17.3 Å². The Bertz CT molecular complexity index is 353. The average Bonchev–Trinajstić information content (AvgIpc) is 2.53. The summed E-state index contributed by atoms with van der Waals surface area (Å²) in [6, 6.07) is 6.32. The highest BCUT2D eigenvalue weighted by Gasteiger charge is 2.69. The van der Waals surface area contributed by atoms with E-state index >= 15 is 0 Å². The summed E-state index contributed by atoms with van der Waals surface area (Å²) in [5, 5.41) is 0.435. The van der Waals surface area contributed by atoms with Crippen molar-refractivity contribution in [3.63, 3.8) is 0 Å². The van der Waals surface area contributed by atoms with Gasteiger partial charge in [0.1, 0.15) is 5.54 Å². The van der Waals surface area contributed by atoms with Crippen LogP contribution in [0.4, 0.5) is 8.78 Å². The van der Waals surface area contributed by atoms with Crippen molar-refractivity contribution in [1.82, 2.24) is 0 Å². The quantitative estimate of drug-likeness (QED) is 0.746. The fourth-order valence-electron chi connectivity index (χ4n) is 1.39. The van der Waals surface area contributed by atoms with Crippen LogP contribution >= 0.6 is 11.6 Å². The van der Waals surface area contributed by atoms with E-state index in [9.17, 15) is 8.78 Å². The van der Waals surface area contributed by atoms with Gasteiger partial charge < -0.3 is 5.73 Å². The Hall–Kier alpha value is -0.670. The van der Waals surface area contributed by atoms with E-state index in [-0.39, 0.29) is 6.42 Å². The van der Waals surface area contributed by atoms with E-state index in [2.05, 4.69) is 0 Å². The lowest BCUT2D eigenvalue weighted by molar-refractivity contribution is 0.0891. The predicted octanol–water partition coefficient (Wildman–Crippen LogP) is 2.53. The maximum absolute atomic E-state index is 12.8. The van der Waals surface area contributed by atoms with Crippen molar-refractivity contribution in [2.75, 3.05) is 0 Å². The standard InChI is InChI=1S/C9H8ClF2N/c10-7-3-1-2-6(4-7)8(13)5-9(8,11)12/h1-4H,5,13H2. The lowest BCUT2D eigenvalue weighted by atomic mass is 10.1. The average molecular weight is 204 g/mol. The zero-order chi connectivity index (χ0) is 9.69. The summed E-state index contributed by atoms with van der Waals surface area (Å²) < 4.78 is 25.7. The van der Waals surface area contributed by atoms with Gasteiger partial charge in [0.15, 0.2) is 0 Å². The highest BCUT2D eigenvalue weighted by molar-refractivity contribution is 6.30. The molecule has 4 heteroatoms. The fourth-order valence-corrected chi connectivity index (χ4v) is 1.58. The van der Waals surface area contributed by atoms with Crippen molar-refractivity contribution in [2.45, 2.75) is 17.9 Å². The Labute approximate surface area is 79.5 Å². The fraction of sp³-hybridized carbons (Fsp3) is 0.333. The molecule has 1 aromatic carbocycles. The molecule has 2 rings (SSSR count). The SMILES string of the molecule is NC1(c2cccc(Cl)c2)CC1(F)F. The highest BCUT2D eigenvalue weighted by Crippen LogP contribution is 2.57. The van der Waals surface area contributed by atoms with Crippen LogP contribution in [-0.2, 0) is 5.54 Å². The molecule has 0 aliphatic heterocycles. The molecule has 0 saturated heterocycles. The van der Waals surface area contributed by atoms with Crippen LogP contribution in [0.3, 0.4) is 0 Å². The third-order valence-electron chi connectivity index (χ3n) is 2.37. The van der Waals surface area contributed by atoms with Gasteiger partial charge in [-0.05, 0) is 17.7 Å². The summed E-state index contributed by atoms with van der Waals surface area (Å²) in [7, 11) is 0. The van der Waals surface area contributed by atoms with Gasteiger partial charge in [-0.25, -0.2) is 8.78 Å². The molecule has 0 aromatic heterocycles. The molecule has 1 fully saturated rings. The first-order chi connectivity index (χ1) is 5.96. The lowest BCUT2D eigenvalue weighted by Crippen LogP contribution is -2.26. The minimum absolute atomic E-state index is 0.291. The largest absolute Gasteiger partial charge is 0.316 e. The zero-order valence-corrected chi connectivity index (χ0v) is 7.48. The highest BCUT2D eigenvalue weighted by atomic mass is 35.5. The van der Waals surface area contributed by atoms with Gasteiger partial charge in [0.05, 0.1) is 0 Å². The van der Waals surface area contributed by atoms with E-state index in [1.54, 1.807) is 18.2 Å². The molecule has 1 unspecified atom stereocenters. The van der Waals surface area contributed by atoms with Crippen molar-refractivity contribution in [3.8, 4) is 0 Å². The third-order valence-corrected chi connectivity index (χ3v) is 2.60. The van der Waals surface area contributed by atoms with Crippen LogP contribution < -0.4 is 5.73 Å². The maximum atomic E-state index is 12.8. The van der Waals surface area contributed by atoms with Crippen molar-refractivity contribution in [1.29, 1.82) is 0 Å². The molecule has 0 spiro atoms. The minimum atomic E-state index is -2.78. The van der Waals surface area contributed by atoms with Gasteiger partial charge >= 0.3 is 0 Å². The van der Waals surface area contributed by atoms with E-state index in [1.165, 1.54) is 6.07 Å². The number of hydrogen-bond acceptors (Lipinski definition) is 1. The molecule has 70 valence electrons. The van der Waals surface area contributed by atoms with Crippen LogP contribution in [0.25, 0.3) is 0 Å². The van der Waals surface area contributed by atoms with E-state index in [0.29, 0.717) is 10.6 Å². The van der Waals surface area contributed by atoms with Gasteiger partial charge in [-0.3, -0.25) is 0 Å². The van der Waals surface area contributed by atoms with Crippen LogP contribution in [0.1, 0.15) is 12.0 Å². The van der Waals surface area contributed by atoms with Gasteiger partial charge in [0.2, 0.25) is 0 Å². The van der Waals surface area contributed by atoms with Gasteiger partial charge in [-0.15, -0.1) is 0 Å². The van der Waals surface area contributed by atoms with Crippen LogP contribution in [0.15, 0.2) is 24.3 Å². The second kappa shape index (κ2) is 2.42. The molecular weight excluding hydrogens is 196 g/mol. The summed E-state index contributed by atoms with van der Waals surface area (Å²) >= 11 is 5.67. The molecular formula is C9H8ClF2N. The monoisotopic (exact) mass is 203 g/mol. The molecule has 0 amide bonds. The molecule has 13 heavy (non-hydrogen) atoms. The normalized spacial score (nSPS) is 30.2. The summed E-state index contributed by atoms with van der Waals surface area (Å²) in [4.78, 5) is 0. The molecule has 0 radical (unpaired) electrons. The Morgan fingerprint density at radius 3 is 2.46 bits per heavy atom.